The SMILES string of the molecule is Cc1cnc(C2CCOCC2)n1CC1CCCNC1. The Hall–Kier alpha value is -0.870. The van der Waals surface area contributed by atoms with Gasteiger partial charge in [-0.05, 0) is 51.6 Å². The Balaban J connectivity index is 1.73. The number of piperidine rings is 1. The van der Waals surface area contributed by atoms with Crippen molar-refractivity contribution in [2.24, 2.45) is 5.92 Å². The Labute approximate surface area is 115 Å². The Bertz CT molecular complexity index is 404. The van der Waals surface area contributed by atoms with Crippen LogP contribution in [0.4, 0.5) is 0 Å². The average molecular weight is 263 g/mol. The highest BCUT2D eigenvalue weighted by molar-refractivity contribution is 5.09. The van der Waals surface area contributed by atoms with Gasteiger partial charge in [-0.15, -0.1) is 0 Å². The molecular formula is C15H25N3O. The number of aromatic nitrogens is 2. The van der Waals surface area contributed by atoms with Crippen LogP contribution in [0.1, 0.15) is 43.1 Å². The number of hydrogen-bond donors (Lipinski definition) is 1. The maximum absolute atomic E-state index is 5.47. The van der Waals surface area contributed by atoms with E-state index in [0.717, 1.165) is 45.1 Å². The summed E-state index contributed by atoms with van der Waals surface area (Å²) >= 11 is 0. The molecule has 3 rings (SSSR count). The van der Waals surface area contributed by atoms with Gasteiger partial charge in [-0.1, -0.05) is 0 Å². The minimum atomic E-state index is 0.596. The molecule has 4 heteroatoms. The van der Waals surface area contributed by atoms with Crippen molar-refractivity contribution < 1.29 is 4.74 Å². The van der Waals surface area contributed by atoms with Crippen LogP contribution in [0, 0.1) is 12.8 Å². The largest absolute Gasteiger partial charge is 0.381 e. The van der Waals surface area contributed by atoms with E-state index in [1.165, 1.54) is 30.9 Å². The van der Waals surface area contributed by atoms with Gasteiger partial charge in [-0.25, -0.2) is 4.98 Å². The van der Waals surface area contributed by atoms with Crippen molar-refractivity contribution in [3.8, 4) is 0 Å². The lowest BCUT2D eigenvalue weighted by Crippen LogP contribution is -2.33. The highest BCUT2D eigenvalue weighted by atomic mass is 16.5. The molecule has 0 aliphatic carbocycles. The molecule has 1 N–H and O–H groups in total. The summed E-state index contributed by atoms with van der Waals surface area (Å²) < 4.78 is 7.94. The number of rotatable bonds is 3. The van der Waals surface area contributed by atoms with Crippen molar-refractivity contribution in [2.75, 3.05) is 26.3 Å². The third-order valence-corrected chi connectivity index (χ3v) is 4.51. The van der Waals surface area contributed by atoms with Crippen LogP contribution in [0.5, 0.6) is 0 Å². The van der Waals surface area contributed by atoms with E-state index in [-0.39, 0.29) is 0 Å². The Morgan fingerprint density at radius 1 is 1.37 bits per heavy atom. The van der Waals surface area contributed by atoms with Gasteiger partial charge in [0.25, 0.3) is 0 Å². The normalized spacial score (nSPS) is 25.6. The van der Waals surface area contributed by atoms with Crippen LogP contribution >= 0.6 is 0 Å². The molecule has 0 saturated carbocycles. The van der Waals surface area contributed by atoms with Crippen LogP contribution in [0.25, 0.3) is 0 Å². The summed E-state index contributed by atoms with van der Waals surface area (Å²) in [5.41, 5.74) is 1.31. The molecule has 19 heavy (non-hydrogen) atoms. The number of nitrogens with one attached hydrogen (secondary N) is 1. The molecule has 2 aliphatic rings. The zero-order valence-corrected chi connectivity index (χ0v) is 11.9. The van der Waals surface area contributed by atoms with Crippen molar-refractivity contribution in [3.63, 3.8) is 0 Å². The lowest BCUT2D eigenvalue weighted by Gasteiger charge is -2.27. The molecule has 0 bridgehead atoms. The minimum absolute atomic E-state index is 0.596. The fourth-order valence-electron chi connectivity index (χ4n) is 3.34. The van der Waals surface area contributed by atoms with Crippen LogP contribution in [-0.2, 0) is 11.3 Å². The van der Waals surface area contributed by atoms with Gasteiger partial charge < -0.3 is 14.6 Å². The number of imidazole rings is 1. The first-order valence-electron chi connectivity index (χ1n) is 7.65. The zero-order valence-electron chi connectivity index (χ0n) is 11.9. The summed E-state index contributed by atoms with van der Waals surface area (Å²) in [6, 6.07) is 0. The first-order valence-corrected chi connectivity index (χ1v) is 7.65. The molecule has 3 heterocycles. The first kappa shape index (κ1) is 13.1. The van der Waals surface area contributed by atoms with Crippen LogP contribution in [-0.4, -0.2) is 35.9 Å². The molecule has 1 unspecified atom stereocenters. The second-order valence-electron chi connectivity index (χ2n) is 5.97. The fourth-order valence-corrected chi connectivity index (χ4v) is 3.34. The van der Waals surface area contributed by atoms with Crippen molar-refractivity contribution in [1.29, 1.82) is 0 Å². The molecule has 1 aromatic heterocycles. The molecule has 1 aromatic rings. The van der Waals surface area contributed by atoms with E-state index in [2.05, 4.69) is 16.8 Å². The third-order valence-electron chi connectivity index (χ3n) is 4.51. The lowest BCUT2D eigenvalue weighted by atomic mass is 9.97. The van der Waals surface area contributed by atoms with Crippen LogP contribution < -0.4 is 5.32 Å². The summed E-state index contributed by atoms with van der Waals surface area (Å²) in [6.07, 6.45) is 6.95. The average Bonchev–Trinajstić information content (AvgIpc) is 2.82. The van der Waals surface area contributed by atoms with Crippen molar-refractivity contribution >= 4 is 0 Å². The summed E-state index contributed by atoms with van der Waals surface area (Å²) in [4.78, 5) is 4.69. The van der Waals surface area contributed by atoms with Crippen LogP contribution in [0.3, 0.4) is 0 Å². The van der Waals surface area contributed by atoms with E-state index < -0.39 is 0 Å². The van der Waals surface area contributed by atoms with Gasteiger partial charge in [0.1, 0.15) is 5.82 Å². The van der Waals surface area contributed by atoms with Crippen molar-refractivity contribution in [2.45, 2.75) is 45.1 Å². The first-order chi connectivity index (χ1) is 9.34. The van der Waals surface area contributed by atoms with Crippen molar-refractivity contribution in [3.05, 3.63) is 17.7 Å². The minimum Gasteiger partial charge on any atom is -0.381 e. The van der Waals surface area contributed by atoms with E-state index in [9.17, 15) is 0 Å². The quantitative estimate of drug-likeness (QED) is 0.907. The third kappa shape index (κ3) is 3.00. The predicted octanol–water partition coefficient (Wildman–Crippen LogP) is 2.09. The summed E-state index contributed by atoms with van der Waals surface area (Å²) in [6.45, 7) is 7.44. The summed E-state index contributed by atoms with van der Waals surface area (Å²) in [5.74, 6) is 2.66. The van der Waals surface area contributed by atoms with E-state index in [1.54, 1.807) is 0 Å². The van der Waals surface area contributed by atoms with Gasteiger partial charge in [0.05, 0.1) is 0 Å². The molecule has 4 nitrogen and oxygen atoms in total. The molecule has 0 amide bonds. The number of nitrogens with zero attached hydrogens (tertiary/aromatic N) is 2. The van der Waals surface area contributed by atoms with Gasteiger partial charge in [0, 0.05) is 37.6 Å². The zero-order chi connectivity index (χ0) is 13.1. The number of hydrogen-bond acceptors (Lipinski definition) is 3. The topological polar surface area (TPSA) is 39.1 Å². The lowest BCUT2D eigenvalue weighted by molar-refractivity contribution is 0.0825. The maximum Gasteiger partial charge on any atom is 0.112 e. The van der Waals surface area contributed by atoms with E-state index in [1.807, 2.05) is 6.20 Å². The van der Waals surface area contributed by atoms with Gasteiger partial charge in [0.2, 0.25) is 0 Å². The van der Waals surface area contributed by atoms with E-state index >= 15 is 0 Å². The molecule has 106 valence electrons. The molecule has 2 fully saturated rings. The number of ether oxygens (including phenoxy) is 1. The van der Waals surface area contributed by atoms with Gasteiger partial charge in [-0.2, -0.15) is 0 Å². The van der Waals surface area contributed by atoms with Gasteiger partial charge in [0.15, 0.2) is 0 Å². The monoisotopic (exact) mass is 263 g/mol. The van der Waals surface area contributed by atoms with Crippen molar-refractivity contribution in [1.82, 2.24) is 14.9 Å². The smallest absolute Gasteiger partial charge is 0.112 e. The van der Waals surface area contributed by atoms with Crippen LogP contribution in [0.2, 0.25) is 0 Å². The Morgan fingerprint density at radius 3 is 2.95 bits per heavy atom. The molecule has 0 radical (unpaired) electrons. The maximum atomic E-state index is 5.47. The standard InChI is InChI=1S/C15H25N3O/c1-12-9-17-15(14-4-7-19-8-5-14)18(12)11-13-3-2-6-16-10-13/h9,13-14,16H,2-8,10-11H2,1H3. The molecule has 0 spiro atoms. The van der Waals surface area contributed by atoms with E-state index in [0.29, 0.717) is 5.92 Å². The van der Waals surface area contributed by atoms with Crippen LogP contribution in [0.15, 0.2) is 6.20 Å². The molecule has 2 aliphatic heterocycles. The second-order valence-corrected chi connectivity index (χ2v) is 5.97. The second kappa shape index (κ2) is 6.06. The summed E-state index contributed by atoms with van der Waals surface area (Å²) in [7, 11) is 0. The molecule has 2 saturated heterocycles. The summed E-state index contributed by atoms with van der Waals surface area (Å²) in [5, 5.41) is 3.51. The highest BCUT2D eigenvalue weighted by Crippen LogP contribution is 2.27. The molecular weight excluding hydrogens is 238 g/mol. The van der Waals surface area contributed by atoms with Gasteiger partial charge >= 0.3 is 0 Å². The number of aryl methyl sites for hydroxylation is 1. The Kier molecular flexibility index (Phi) is 4.18. The predicted molar refractivity (Wildman–Crippen MR) is 75.4 cm³/mol. The molecule has 0 aromatic carbocycles. The highest BCUT2D eigenvalue weighted by Gasteiger charge is 2.23. The van der Waals surface area contributed by atoms with E-state index in [4.69, 9.17) is 9.72 Å². The fraction of sp³-hybridized carbons (Fsp3) is 0.800. The Morgan fingerprint density at radius 2 is 2.21 bits per heavy atom. The van der Waals surface area contributed by atoms with Gasteiger partial charge in [-0.3, -0.25) is 0 Å². The molecule has 1 atom stereocenters.